The van der Waals surface area contributed by atoms with E-state index in [1.165, 1.54) is 59.5 Å². The van der Waals surface area contributed by atoms with Crippen LogP contribution in [0, 0.1) is 5.92 Å². The third-order valence-corrected chi connectivity index (χ3v) is 5.66. The van der Waals surface area contributed by atoms with E-state index < -0.39 is 0 Å². The van der Waals surface area contributed by atoms with Crippen LogP contribution in [0.3, 0.4) is 0 Å². The van der Waals surface area contributed by atoms with Gasteiger partial charge in [0.05, 0.1) is 0 Å². The molecule has 2 heteroatoms. The van der Waals surface area contributed by atoms with Crippen LogP contribution in [0.15, 0.2) is 42.5 Å². The number of rotatable bonds is 3. The van der Waals surface area contributed by atoms with Crippen LogP contribution in [0.4, 0.5) is 0 Å². The van der Waals surface area contributed by atoms with Gasteiger partial charge in [-0.25, -0.2) is 0 Å². The number of aromatic nitrogens is 1. The zero-order valence-electron chi connectivity index (χ0n) is 14.0. The number of hydrogen-bond acceptors (Lipinski definition) is 1. The average molecular weight is 306 g/mol. The van der Waals surface area contributed by atoms with Crippen molar-refractivity contribution in [1.82, 2.24) is 4.57 Å². The molecule has 4 rings (SSSR count). The Morgan fingerprint density at radius 2 is 1.74 bits per heavy atom. The summed E-state index contributed by atoms with van der Waals surface area (Å²) in [4.78, 5) is 0. The highest BCUT2D eigenvalue weighted by molar-refractivity contribution is 6.08. The summed E-state index contributed by atoms with van der Waals surface area (Å²) < 4.78 is 2.40. The van der Waals surface area contributed by atoms with Gasteiger partial charge in [0.2, 0.25) is 0 Å². The molecule has 1 atom stereocenters. The molecule has 1 fully saturated rings. The minimum absolute atomic E-state index is 0.184. The van der Waals surface area contributed by atoms with E-state index in [9.17, 15) is 0 Å². The first-order valence-electron chi connectivity index (χ1n) is 9.06. The Morgan fingerprint density at radius 1 is 1.00 bits per heavy atom. The smallest absolute Gasteiger partial charge is 0.0491 e. The topological polar surface area (TPSA) is 30.9 Å². The second-order valence-electron chi connectivity index (χ2n) is 6.96. The molecule has 120 valence electrons. The third-order valence-electron chi connectivity index (χ3n) is 5.66. The second kappa shape index (κ2) is 6.01. The van der Waals surface area contributed by atoms with Crippen LogP contribution >= 0.6 is 0 Å². The van der Waals surface area contributed by atoms with Gasteiger partial charge in [-0.3, -0.25) is 0 Å². The summed E-state index contributed by atoms with van der Waals surface area (Å²) in [5, 5.41) is 2.70. The summed E-state index contributed by atoms with van der Waals surface area (Å²) >= 11 is 0. The summed E-state index contributed by atoms with van der Waals surface area (Å²) in [6.45, 7) is 3.21. The van der Waals surface area contributed by atoms with Crippen molar-refractivity contribution in [1.29, 1.82) is 0 Å². The Balaban J connectivity index is 1.82. The molecule has 0 amide bonds. The molecule has 2 aromatic carbocycles. The number of hydrogen-bond donors (Lipinski definition) is 1. The van der Waals surface area contributed by atoms with Crippen molar-refractivity contribution in [2.45, 2.75) is 51.6 Å². The highest BCUT2D eigenvalue weighted by Gasteiger charge is 2.22. The summed E-state index contributed by atoms with van der Waals surface area (Å²) in [6.07, 6.45) is 6.64. The SMILES string of the molecule is CCn1c2ccccc2c2cc([C@@H](N)C3CCCCC3)ccc21. The number of nitrogens with two attached hydrogens (primary N) is 1. The highest BCUT2D eigenvalue weighted by Crippen LogP contribution is 2.36. The van der Waals surface area contributed by atoms with Crippen LogP contribution in [0.25, 0.3) is 21.8 Å². The molecule has 1 aliphatic rings. The summed E-state index contributed by atoms with van der Waals surface area (Å²) in [5.41, 5.74) is 10.6. The molecule has 1 aliphatic carbocycles. The van der Waals surface area contributed by atoms with Gasteiger partial charge in [-0.05, 0) is 49.4 Å². The van der Waals surface area contributed by atoms with Crippen molar-refractivity contribution in [2.75, 3.05) is 0 Å². The van der Waals surface area contributed by atoms with Crippen molar-refractivity contribution in [3.63, 3.8) is 0 Å². The lowest BCUT2D eigenvalue weighted by Gasteiger charge is -2.27. The van der Waals surface area contributed by atoms with Crippen LogP contribution in [0.5, 0.6) is 0 Å². The van der Waals surface area contributed by atoms with Gasteiger partial charge in [0.15, 0.2) is 0 Å². The van der Waals surface area contributed by atoms with E-state index in [-0.39, 0.29) is 6.04 Å². The summed E-state index contributed by atoms with van der Waals surface area (Å²) in [5.74, 6) is 0.653. The maximum Gasteiger partial charge on any atom is 0.0491 e. The first kappa shape index (κ1) is 14.8. The lowest BCUT2D eigenvalue weighted by atomic mass is 9.81. The van der Waals surface area contributed by atoms with Crippen molar-refractivity contribution in [2.24, 2.45) is 11.7 Å². The maximum atomic E-state index is 6.64. The summed E-state index contributed by atoms with van der Waals surface area (Å²) in [6, 6.07) is 15.8. The molecule has 0 unspecified atom stereocenters. The van der Waals surface area contributed by atoms with Gasteiger partial charge in [0.25, 0.3) is 0 Å². The van der Waals surface area contributed by atoms with Crippen LogP contribution in [0.2, 0.25) is 0 Å². The Morgan fingerprint density at radius 3 is 2.52 bits per heavy atom. The van der Waals surface area contributed by atoms with Crippen LogP contribution < -0.4 is 5.73 Å². The first-order chi connectivity index (χ1) is 11.3. The molecule has 0 aliphatic heterocycles. The number of benzene rings is 2. The van der Waals surface area contributed by atoms with Gasteiger partial charge in [0.1, 0.15) is 0 Å². The normalized spacial score (nSPS) is 17.8. The Kier molecular flexibility index (Phi) is 3.86. The molecule has 0 spiro atoms. The molecule has 0 saturated heterocycles. The Hall–Kier alpha value is -1.80. The fourth-order valence-corrected chi connectivity index (χ4v) is 4.38. The van der Waals surface area contributed by atoms with Crippen molar-refractivity contribution in [3.05, 3.63) is 48.0 Å². The predicted octanol–water partition coefficient (Wildman–Crippen LogP) is 5.39. The minimum Gasteiger partial charge on any atom is -0.341 e. The number of fused-ring (bicyclic) bond motifs is 3. The van der Waals surface area contributed by atoms with E-state index in [1.54, 1.807) is 0 Å². The Labute approximate surface area is 138 Å². The minimum atomic E-state index is 0.184. The molecule has 1 saturated carbocycles. The van der Waals surface area contributed by atoms with Crippen LogP contribution in [-0.2, 0) is 6.54 Å². The predicted molar refractivity (Wildman–Crippen MR) is 98.6 cm³/mol. The van der Waals surface area contributed by atoms with Crippen molar-refractivity contribution >= 4 is 21.8 Å². The molecule has 1 aromatic heterocycles. The third kappa shape index (κ3) is 2.46. The van der Waals surface area contributed by atoms with E-state index in [0.717, 1.165) is 6.54 Å². The van der Waals surface area contributed by atoms with Crippen LogP contribution in [-0.4, -0.2) is 4.57 Å². The number of aryl methyl sites for hydroxylation is 1. The molecule has 0 bridgehead atoms. The lowest BCUT2D eigenvalue weighted by molar-refractivity contribution is 0.308. The molecular formula is C21H26N2. The molecule has 23 heavy (non-hydrogen) atoms. The van der Waals surface area contributed by atoms with Crippen LogP contribution in [0.1, 0.15) is 50.6 Å². The van der Waals surface area contributed by atoms with Gasteiger partial charge in [0, 0.05) is 34.4 Å². The van der Waals surface area contributed by atoms with Crippen molar-refractivity contribution in [3.8, 4) is 0 Å². The van der Waals surface area contributed by atoms with E-state index in [1.807, 2.05) is 0 Å². The molecule has 2 nitrogen and oxygen atoms in total. The van der Waals surface area contributed by atoms with Gasteiger partial charge in [-0.1, -0.05) is 43.5 Å². The lowest BCUT2D eigenvalue weighted by Crippen LogP contribution is -2.23. The Bertz CT molecular complexity index is 824. The molecule has 0 radical (unpaired) electrons. The van der Waals surface area contributed by atoms with Gasteiger partial charge >= 0.3 is 0 Å². The molecule has 1 heterocycles. The van der Waals surface area contributed by atoms with Gasteiger partial charge in [-0.2, -0.15) is 0 Å². The fourth-order valence-electron chi connectivity index (χ4n) is 4.38. The highest BCUT2D eigenvalue weighted by atomic mass is 15.0. The van der Waals surface area contributed by atoms with E-state index in [2.05, 4.69) is 54.0 Å². The zero-order valence-corrected chi connectivity index (χ0v) is 14.0. The first-order valence-corrected chi connectivity index (χ1v) is 9.06. The maximum absolute atomic E-state index is 6.64. The number of nitrogens with zero attached hydrogens (tertiary/aromatic N) is 1. The van der Waals surface area contributed by atoms with E-state index >= 15 is 0 Å². The average Bonchev–Trinajstić information content (AvgIpc) is 2.95. The number of para-hydroxylation sites is 1. The standard InChI is InChI=1S/C21H26N2/c1-2-23-19-11-7-6-10-17(19)18-14-16(12-13-20(18)23)21(22)15-8-4-3-5-9-15/h6-7,10-15,21H,2-5,8-9,22H2,1H3/t21-/m0/s1. The van der Waals surface area contributed by atoms with E-state index in [4.69, 9.17) is 5.73 Å². The largest absolute Gasteiger partial charge is 0.341 e. The van der Waals surface area contributed by atoms with E-state index in [0.29, 0.717) is 5.92 Å². The van der Waals surface area contributed by atoms with Crippen molar-refractivity contribution < 1.29 is 0 Å². The van der Waals surface area contributed by atoms with Gasteiger partial charge < -0.3 is 10.3 Å². The molecule has 3 aromatic rings. The monoisotopic (exact) mass is 306 g/mol. The fraction of sp³-hybridized carbons (Fsp3) is 0.429. The quantitative estimate of drug-likeness (QED) is 0.690. The van der Waals surface area contributed by atoms with Gasteiger partial charge in [-0.15, -0.1) is 0 Å². The summed E-state index contributed by atoms with van der Waals surface area (Å²) in [7, 11) is 0. The molecule has 2 N–H and O–H groups in total. The zero-order chi connectivity index (χ0) is 15.8. The molecular weight excluding hydrogens is 280 g/mol. The second-order valence-corrected chi connectivity index (χ2v) is 6.96.